The zero-order valence-corrected chi connectivity index (χ0v) is 12.4. The number of imidazole rings is 1. The van der Waals surface area contributed by atoms with E-state index in [9.17, 15) is 4.39 Å². The molecule has 1 aromatic carbocycles. The molecule has 1 N–H and O–H groups in total. The van der Waals surface area contributed by atoms with E-state index in [1.54, 1.807) is 22.2 Å². The first-order valence-electron chi connectivity index (χ1n) is 6.67. The molecule has 110 valence electrons. The molecule has 0 amide bonds. The van der Waals surface area contributed by atoms with E-state index in [-0.39, 0.29) is 11.9 Å². The quantitative estimate of drug-likeness (QED) is 0.629. The highest BCUT2D eigenvalue weighted by Gasteiger charge is 2.15. The maximum Gasteiger partial charge on any atom is 0.212 e. The van der Waals surface area contributed by atoms with Crippen LogP contribution in [0.3, 0.4) is 0 Å². The number of hydrogen-bond acceptors (Lipinski definition) is 6. The summed E-state index contributed by atoms with van der Waals surface area (Å²) < 4.78 is 15.8. The number of benzene rings is 1. The smallest absolute Gasteiger partial charge is 0.212 e. The van der Waals surface area contributed by atoms with Crippen LogP contribution in [0.25, 0.3) is 15.9 Å². The number of hydrogen-bond donors (Lipinski definition) is 1. The maximum atomic E-state index is 14.1. The predicted molar refractivity (Wildman–Crippen MR) is 82.4 cm³/mol. The second-order valence-corrected chi connectivity index (χ2v) is 5.67. The lowest BCUT2D eigenvalue weighted by Crippen LogP contribution is -2.09. The van der Waals surface area contributed by atoms with Crippen LogP contribution in [0.2, 0.25) is 0 Å². The summed E-state index contributed by atoms with van der Waals surface area (Å²) >= 11 is 1.46. The lowest BCUT2D eigenvalue weighted by atomic mass is 10.2. The van der Waals surface area contributed by atoms with Gasteiger partial charge in [0, 0.05) is 0 Å². The van der Waals surface area contributed by atoms with Crippen molar-refractivity contribution >= 4 is 33.0 Å². The molecule has 0 aliphatic heterocycles. The zero-order valence-electron chi connectivity index (χ0n) is 11.6. The summed E-state index contributed by atoms with van der Waals surface area (Å²) in [6, 6.07) is 4.66. The van der Waals surface area contributed by atoms with Crippen LogP contribution < -0.4 is 5.32 Å². The van der Waals surface area contributed by atoms with Gasteiger partial charge in [-0.3, -0.25) is 0 Å². The van der Waals surface area contributed by atoms with E-state index in [0.29, 0.717) is 16.7 Å². The standard InChI is InChI=1S/C14H11FN6S/c1-8(11-5-21-14(20-11)22-7-18-21)19-13-12-9(15)3-2-4-10(12)16-6-17-13/h2-8H,1H3,(H,16,17,19)/t8-/m0/s1. The molecular weight excluding hydrogens is 303 g/mol. The average Bonchev–Trinajstić information content (AvgIpc) is 3.08. The van der Waals surface area contributed by atoms with Gasteiger partial charge < -0.3 is 5.32 Å². The third kappa shape index (κ3) is 2.08. The van der Waals surface area contributed by atoms with E-state index < -0.39 is 0 Å². The van der Waals surface area contributed by atoms with Crippen LogP contribution in [0, 0.1) is 5.82 Å². The van der Waals surface area contributed by atoms with Crippen LogP contribution in [0.5, 0.6) is 0 Å². The molecule has 0 spiro atoms. The fraction of sp³-hybridized carbons (Fsp3) is 0.143. The molecule has 4 rings (SSSR count). The molecular formula is C14H11FN6S. The van der Waals surface area contributed by atoms with Crippen LogP contribution >= 0.6 is 11.3 Å². The Bertz CT molecular complexity index is 928. The average molecular weight is 314 g/mol. The molecule has 6 nitrogen and oxygen atoms in total. The highest BCUT2D eigenvalue weighted by Crippen LogP contribution is 2.26. The van der Waals surface area contributed by atoms with Crippen molar-refractivity contribution in [2.24, 2.45) is 0 Å². The molecule has 3 heterocycles. The van der Waals surface area contributed by atoms with Gasteiger partial charge in [0.05, 0.1) is 28.8 Å². The van der Waals surface area contributed by atoms with Crippen molar-refractivity contribution < 1.29 is 4.39 Å². The Labute approximate surface area is 128 Å². The first-order valence-corrected chi connectivity index (χ1v) is 7.55. The van der Waals surface area contributed by atoms with E-state index in [0.717, 1.165) is 10.7 Å². The summed E-state index contributed by atoms with van der Waals surface area (Å²) in [5, 5.41) is 7.74. The van der Waals surface area contributed by atoms with E-state index in [2.05, 4.69) is 25.4 Å². The molecule has 0 saturated carbocycles. The lowest BCUT2D eigenvalue weighted by molar-refractivity contribution is 0.639. The van der Waals surface area contributed by atoms with E-state index in [4.69, 9.17) is 0 Å². The van der Waals surface area contributed by atoms with E-state index >= 15 is 0 Å². The summed E-state index contributed by atoms with van der Waals surface area (Å²) in [5.41, 5.74) is 3.12. The van der Waals surface area contributed by atoms with Gasteiger partial charge in [-0.1, -0.05) is 17.4 Å². The molecule has 22 heavy (non-hydrogen) atoms. The normalized spacial score (nSPS) is 12.8. The molecule has 8 heteroatoms. The molecule has 0 unspecified atom stereocenters. The highest BCUT2D eigenvalue weighted by atomic mass is 32.1. The molecule has 4 aromatic rings. The Morgan fingerprint density at radius 3 is 3.09 bits per heavy atom. The number of halogens is 1. The Morgan fingerprint density at radius 1 is 1.32 bits per heavy atom. The van der Waals surface area contributed by atoms with Crippen molar-refractivity contribution in [3.05, 3.63) is 47.7 Å². The minimum absolute atomic E-state index is 0.133. The van der Waals surface area contributed by atoms with Crippen LogP contribution in [0.4, 0.5) is 10.2 Å². The second-order valence-electron chi connectivity index (χ2n) is 4.85. The van der Waals surface area contributed by atoms with Gasteiger partial charge >= 0.3 is 0 Å². The van der Waals surface area contributed by atoms with Gasteiger partial charge in [0.15, 0.2) is 0 Å². The van der Waals surface area contributed by atoms with Crippen LogP contribution in [-0.2, 0) is 0 Å². The van der Waals surface area contributed by atoms with Crippen molar-refractivity contribution in [2.75, 3.05) is 5.32 Å². The predicted octanol–water partition coefficient (Wildman–Crippen LogP) is 3.05. The molecule has 0 saturated heterocycles. The Morgan fingerprint density at radius 2 is 2.23 bits per heavy atom. The molecule has 0 aliphatic carbocycles. The van der Waals surface area contributed by atoms with Gasteiger partial charge in [-0.15, -0.1) is 0 Å². The fourth-order valence-electron chi connectivity index (χ4n) is 2.32. The van der Waals surface area contributed by atoms with Crippen molar-refractivity contribution in [3.8, 4) is 0 Å². The Hall–Kier alpha value is -2.61. The van der Waals surface area contributed by atoms with Gasteiger partial charge in [-0.05, 0) is 19.1 Å². The number of rotatable bonds is 3. The van der Waals surface area contributed by atoms with Crippen molar-refractivity contribution in [2.45, 2.75) is 13.0 Å². The molecule has 3 aromatic heterocycles. The van der Waals surface area contributed by atoms with Gasteiger partial charge in [-0.2, -0.15) is 5.10 Å². The fourth-order valence-corrected chi connectivity index (χ4v) is 2.93. The number of anilines is 1. The van der Waals surface area contributed by atoms with Crippen molar-refractivity contribution in [1.29, 1.82) is 0 Å². The second kappa shape index (κ2) is 4.99. The summed E-state index contributed by atoms with van der Waals surface area (Å²) in [5.74, 6) is 0.111. The molecule has 0 aliphatic rings. The van der Waals surface area contributed by atoms with Crippen molar-refractivity contribution in [3.63, 3.8) is 0 Å². The number of fused-ring (bicyclic) bond motifs is 2. The molecule has 0 fully saturated rings. The summed E-state index contributed by atoms with van der Waals surface area (Å²) in [6.07, 6.45) is 3.27. The van der Waals surface area contributed by atoms with Gasteiger partial charge in [-0.25, -0.2) is 23.9 Å². The molecule has 0 radical (unpaired) electrons. The summed E-state index contributed by atoms with van der Waals surface area (Å²) in [6.45, 7) is 1.95. The topological polar surface area (TPSA) is 68.0 Å². The lowest BCUT2D eigenvalue weighted by Gasteiger charge is -2.13. The van der Waals surface area contributed by atoms with Crippen LogP contribution in [-0.4, -0.2) is 24.6 Å². The first-order chi connectivity index (χ1) is 10.7. The highest BCUT2D eigenvalue weighted by molar-refractivity contribution is 7.14. The summed E-state index contributed by atoms with van der Waals surface area (Å²) in [7, 11) is 0. The Balaban J connectivity index is 1.72. The number of nitrogens with zero attached hydrogens (tertiary/aromatic N) is 5. The third-order valence-electron chi connectivity index (χ3n) is 3.41. The maximum absolute atomic E-state index is 14.1. The number of aromatic nitrogens is 5. The summed E-state index contributed by atoms with van der Waals surface area (Å²) in [4.78, 5) is 13.6. The van der Waals surface area contributed by atoms with E-state index in [1.807, 2.05) is 13.1 Å². The molecule has 1 atom stereocenters. The third-order valence-corrected chi connectivity index (χ3v) is 4.10. The minimum atomic E-state index is -0.347. The SMILES string of the molecule is C[C@H](Nc1ncnc2cccc(F)c12)c1cn2ncsc2n1. The van der Waals surface area contributed by atoms with Gasteiger partial charge in [0.2, 0.25) is 4.96 Å². The van der Waals surface area contributed by atoms with Crippen LogP contribution in [0.1, 0.15) is 18.7 Å². The van der Waals surface area contributed by atoms with E-state index in [1.165, 1.54) is 23.7 Å². The zero-order chi connectivity index (χ0) is 15.1. The number of nitrogens with one attached hydrogen (secondary N) is 1. The minimum Gasteiger partial charge on any atom is -0.361 e. The largest absolute Gasteiger partial charge is 0.361 e. The van der Waals surface area contributed by atoms with Gasteiger partial charge in [0.1, 0.15) is 23.5 Å². The first kappa shape index (κ1) is 13.1. The van der Waals surface area contributed by atoms with Crippen molar-refractivity contribution in [1.82, 2.24) is 24.6 Å². The Kier molecular flexibility index (Phi) is 2.97. The van der Waals surface area contributed by atoms with Gasteiger partial charge in [0.25, 0.3) is 0 Å². The molecule has 0 bridgehead atoms. The van der Waals surface area contributed by atoms with Crippen LogP contribution in [0.15, 0.2) is 36.2 Å². The monoisotopic (exact) mass is 314 g/mol.